The van der Waals surface area contributed by atoms with Crippen molar-refractivity contribution in [3.8, 4) is 0 Å². The van der Waals surface area contributed by atoms with E-state index in [2.05, 4.69) is 9.71 Å². The highest BCUT2D eigenvalue weighted by molar-refractivity contribution is 7.90. The molecule has 2 aromatic carbocycles. The van der Waals surface area contributed by atoms with Crippen LogP contribution in [0, 0.1) is 0 Å². The number of aromatic carboxylic acids is 1. The molecule has 1 heterocycles. The highest BCUT2D eigenvalue weighted by atomic mass is 32.2. The predicted octanol–water partition coefficient (Wildman–Crippen LogP) is 3.78. The van der Waals surface area contributed by atoms with E-state index >= 15 is 0 Å². The van der Waals surface area contributed by atoms with Crippen molar-refractivity contribution >= 4 is 32.7 Å². The number of sulfonamides is 1. The number of nitrogens with zero attached hydrogens (tertiary/aromatic N) is 1. The fraction of sp³-hybridized carbons (Fsp3) is 0.227. The van der Waals surface area contributed by atoms with Gasteiger partial charge in [-0.1, -0.05) is 56.2 Å². The molecule has 0 bridgehead atoms. The first-order valence-corrected chi connectivity index (χ1v) is 11.1. The summed E-state index contributed by atoms with van der Waals surface area (Å²) in [5, 5.41) is 10.6. The summed E-state index contributed by atoms with van der Waals surface area (Å²) in [4.78, 5) is 27.9. The Hall–Kier alpha value is -3.26. The van der Waals surface area contributed by atoms with Crippen LogP contribution in [0.25, 0.3) is 10.8 Å². The fourth-order valence-electron chi connectivity index (χ4n) is 3.25. The van der Waals surface area contributed by atoms with Crippen LogP contribution in [-0.2, 0) is 16.4 Å². The topological polar surface area (TPSA) is 113 Å². The highest BCUT2D eigenvalue weighted by Crippen LogP contribution is 2.23. The molecule has 0 atom stereocenters. The highest BCUT2D eigenvalue weighted by Gasteiger charge is 2.22. The summed E-state index contributed by atoms with van der Waals surface area (Å²) in [6, 6.07) is 13.2. The SMILES string of the molecule is CCCCCc1cc(C(=O)NS(=O)(=O)c2cccc3ccccc23)cnc1C(=O)O. The number of hydrogen-bond donors (Lipinski definition) is 2. The summed E-state index contributed by atoms with van der Waals surface area (Å²) in [7, 11) is -4.14. The number of fused-ring (bicyclic) bond motifs is 1. The minimum atomic E-state index is -4.14. The lowest BCUT2D eigenvalue weighted by molar-refractivity contribution is 0.0688. The molecular weight excluding hydrogens is 404 g/mol. The molecule has 0 radical (unpaired) electrons. The monoisotopic (exact) mass is 426 g/mol. The zero-order chi connectivity index (χ0) is 21.7. The third kappa shape index (κ3) is 4.65. The molecule has 156 valence electrons. The summed E-state index contributed by atoms with van der Waals surface area (Å²) in [6.07, 6.45) is 4.14. The van der Waals surface area contributed by atoms with Crippen molar-refractivity contribution in [2.24, 2.45) is 0 Å². The molecule has 0 fully saturated rings. The first kappa shape index (κ1) is 21.4. The molecule has 0 unspecified atom stereocenters. The normalized spacial score (nSPS) is 11.4. The molecule has 3 aromatic rings. The van der Waals surface area contributed by atoms with Gasteiger partial charge in [-0.15, -0.1) is 0 Å². The van der Waals surface area contributed by atoms with Gasteiger partial charge in [-0.2, -0.15) is 0 Å². The van der Waals surface area contributed by atoms with Crippen LogP contribution < -0.4 is 4.72 Å². The van der Waals surface area contributed by atoms with E-state index in [0.717, 1.165) is 30.8 Å². The van der Waals surface area contributed by atoms with E-state index in [-0.39, 0.29) is 16.2 Å². The molecular formula is C22H22N2O5S. The maximum absolute atomic E-state index is 12.9. The standard InChI is InChI=1S/C22H22N2O5S/c1-2-3-4-9-16-13-17(14-23-20(16)22(26)27)21(25)24-30(28,29)19-12-7-10-15-8-5-6-11-18(15)19/h5-8,10-14H,2-4,9H2,1H3,(H,24,25)(H,26,27). The Morgan fingerprint density at radius 3 is 2.53 bits per heavy atom. The molecule has 30 heavy (non-hydrogen) atoms. The molecule has 8 heteroatoms. The van der Waals surface area contributed by atoms with Crippen molar-refractivity contribution in [2.45, 2.75) is 37.5 Å². The van der Waals surface area contributed by atoms with Crippen molar-refractivity contribution in [3.63, 3.8) is 0 Å². The quantitative estimate of drug-likeness (QED) is 0.530. The Labute approximate surface area is 174 Å². The van der Waals surface area contributed by atoms with E-state index in [0.29, 0.717) is 17.4 Å². The molecule has 3 rings (SSSR count). The number of amides is 1. The van der Waals surface area contributed by atoms with Crippen LogP contribution in [0.3, 0.4) is 0 Å². The average Bonchev–Trinajstić information content (AvgIpc) is 2.73. The van der Waals surface area contributed by atoms with Crippen molar-refractivity contribution in [3.05, 3.63) is 71.5 Å². The maximum Gasteiger partial charge on any atom is 0.354 e. The van der Waals surface area contributed by atoms with Crippen molar-refractivity contribution < 1.29 is 23.1 Å². The number of carboxylic acids is 1. The Balaban J connectivity index is 1.91. The molecule has 0 aliphatic rings. The van der Waals surface area contributed by atoms with E-state index < -0.39 is 21.9 Å². The molecule has 0 saturated carbocycles. The minimum absolute atomic E-state index is 0.00434. The van der Waals surface area contributed by atoms with Crippen LogP contribution in [0.15, 0.2) is 59.6 Å². The lowest BCUT2D eigenvalue weighted by Crippen LogP contribution is -2.31. The molecule has 1 aromatic heterocycles. The number of hydrogen-bond acceptors (Lipinski definition) is 5. The first-order valence-electron chi connectivity index (χ1n) is 9.60. The van der Waals surface area contributed by atoms with Crippen LogP contribution in [0.4, 0.5) is 0 Å². The number of benzene rings is 2. The molecule has 0 saturated heterocycles. The third-order valence-electron chi connectivity index (χ3n) is 4.75. The zero-order valence-corrected chi connectivity index (χ0v) is 17.3. The second-order valence-electron chi connectivity index (χ2n) is 6.91. The van der Waals surface area contributed by atoms with Gasteiger partial charge in [0.25, 0.3) is 15.9 Å². The lowest BCUT2D eigenvalue weighted by Gasteiger charge is -2.11. The van der Waals surface area contributed by atoms with E-state index in [9.17, 15) is 23.1 Å². The molecule has 0 aliphatic carbocycles. The number of nitrogens with one attached hydrogen (secondary N) is 1. The van der Waals surface area contributed by atoms with E-state index in [1.54, 1.807) is 36.4 Å². The van der Waals surface area contributed by atoms with E-state index in [1.807, 2.05) is 6.92 Å². The van der Waals surface area contributed by atoms with Crippen molar-refractivity contribution in [2.75, 3.05) is 0 Å². The van der Waals surface area contributed by atoms with Gasteiger partial charge in [0, 0.05) is 11.6 Å². The zero-order valence-electron chi connectivity index (χ0n) is 16.5. The van der Waals surface area contributed by atoms with Gasteiger partial charge in [0.05, 0.1) is 10.5 Å². The predicted molar refractivity (Wildman–Crippen MR) is 113 cm³/mol. The Morgan fingerprint density at radius 1 is 1.07 bits per heavy atom. The van der Waals surface area contributed by atoms with Gasteiger partial charge < -0.3 is 5.11 Å². The van der Waals surface area contributed by atoms with Gasteiger partial charge >= 0.3 is 5.97 Å². The Morgan fingerprint density at radius 2 is 1.80 bits per heavy atom. The number of carbonyl (C=O) groups excluding carboxylic acids is 1. The van der Waals surface area contributed by atoms with Crippen LogP contribution in [0.2, 0.25) is 0 Å². The summed E-state index contributed by atoms with van der Waals surface area (Å²) >= 11 is 0. The number of aryl methyl sites for hydroxylation is 1. The minimum Gasteiger partial charge on any atom is -0.477 e. The van der Waals surface area contributed by atoms with Gasteiger partial charge in [0.15, 0.2) is 5.69 Å². The number of carbonyl (C=O) groups is 2. The number of aromatic nitrogens is 1. The van der Waals surface area contributed by atoms with Gasteiger partial charge in [-0.25, -0.2) is 22.9 Å². The van der Waals surface area contributed by atoms with Crippen LogP contribution >= 0.6 is 0 Å². The second kappa shape index (κ2) is 9.04. The van der Waals surface area contributed by atoms with Gasteiger partial charge in [-0.05, 0) is 35.9 Å². The smallest absolute Gasteiger partial charge is 0.354 e. The fourth-order valence-corrected chi connectivity index (χ4v) is 4.45. The summed E-state index contributed by atoms with van der Waals surface area (Å²) < 4.78 is 27.8. The Bertz CT molecular complexity index is 1200. The van der Waals surface area contributed by atoms with Crippen LogP contribution in [0.1, 0.15) is 52.6 Å². The Kier molecular flexibility index (Phi) is 6.47. The first-order chi connectivity index (χ1) is 14.3. The number of carboxylic acid groups (broad SMARTS) is 1. The molecule has 1 amide bonds. The number of rotatable bonds is 8. The van der Waals surface area contributed by atoms with Crippen LogP contribution in [-0.4, -0.2) is 30.4 Å². The number of pyridine rings is 1. The number of unbranched alkanes of at least 4 members (excludes halogenated alkanes) is 2. The average molecular weight is 426 g/mol. The summed E-state index contributed by atoms with van der Waals surface area (Å²) in [6.45, 7) is 2.03. The largest absolute Gasteiger partial charge is 0.477 e. The molecule has 7 nitrogen and oxygen atoms in total. The van der Waals surface area contributed by atoms with E-state index in [1.165, 1.54) is 12.1 Å². The third-order valence-corrected chi connectivity index (χ3v) is 6.14. The molecule has 0 spiro atoms. The van der Waals surface area contributed by atoms with Crippen molar-refractivity contribution in [1.29, 1.82) is 0 Å². The summed E-state index contributed by atoms with van der Waals surface area (Å²) in [5.74, 6) is -2.04. The van der Waals surface area contributed by atoms with Crippen LogP contribution in [0.5, 0.6) is 0 Å². The second-order valence-corrected chi connectivity index (χ2v) is 8.56. The lowest BCUT2D eigenvalue weighted by atomic mass is 10.0. The van der Waals surface area contributed by atoms with Crippen molar-refractivity contribution in [1.82, 2.24) is 9.71 Å². The van der Waals surface area contributed by atoms with Gasteiger partial charge in [0.2, 0.25) is 0 Å². The summed E-state index contributed by atoms with van der Waals surface area (Å²) in [5.41, 5.74) is 0.279. The molecule has 0 aliphatic heterocycles. The maximum atomic E-state index is 12.9. The molecule has 2 N–H and O–H groups in total. The van der Waals surface area contributed by atoms with Gasteiger partial charge in [-0.3, -0.25) is 4.79 Å². The van der Waals surface area contributed by atoms with Gasteiger partial charge in [0.1, 0.15) is 0 Å². The van der Waals surface area contributed by atoms with E-state index in [4.69, 9.17) is 0 Å².